The number of nitrogens with zero attached hydrogens (tertiary/aromatic N) is 1. The highest BCUT2D eigenvalue weighted by molar-refractivity contribution is 5.86. The van der Waals surface area contributed by atoms with E-state index in [0.717, 1.165) is 5.56 Å². The molecule has 0 fully saturated rings. The summed E-state index contributed by atoms with van der Waals surface area (Å²) in [5.74, 6) is -1.25. The van der Waals surface area contributed by atoms with Crippen LogP contribution >= 0.6 is 0 Å². The van der Waals surface area contributed by atoms with Crippen LogP contribution in [0.2, 0.25) is 0 Å². The number of hydrogen-bond acceptors (Lipinski definition) is 5. The molecule has 7 heteroatoms. The van der Waals surface area contributed by atoms with Crippen LogP contribution in [0.25, 0.3) is 0 Å². The van der Waals surface area contributed by atoms with Crippen LogP contribution in [-0.2, 0) is 20.9 Å². The number of benzene rings is 2. The fraction of sp³-hybridized carbons (Fsp3) is 0.385. The van der Waals surface area contributed by atoms with Crippen molar-refractivity contribution in [3.63, 3.8) is 0 Å². The average molecular weight is 455 g/mol. The van der Waals surface area contributed by atoms with Gasteiger partial charge in [0.05, 0.1) is 25.2 Å². The quantitative estimate of drug-likeness (QED) is 0.381. The van der Waals surface area contributed by atoms with Crippen molar-refractivity contribution >= 4 is 11.8 Å². The molecule has 0 bridgehead atoms. The molecule has 33 heavy (non-hydrogen) atoms. The number of rotatable bonds is 14. The first-order valence-electron chi connectivity index (χ1n) is 11.1. The zero-order valence-corrected chi connectivity index (χ0v) is 19.1. The van der Waals surface area contributed by atoms with Crippen LogP contribution in [0, 0.1) is 5.92 Å². The molecule has 0 heterocycles. The van der Waals surface area contributed by atoms with Crippen molar-refractivity contribution in [3.8, 4) is 0 Å². The maximum atomic E-state index is 13.1. The van der Waals surface area contributed by atoms with E-state index in [9.17, 15) is 19.8 Å². The number of methoxy groups -OCH3 is 1. The summed E-state index contributed by atoms with van der Waals surface area (Å²) in [6, 6.07) is 17.8. The molecule has 0 unspecified atom stereocenters. The molecule has 0 radical (unpaired) electrons. The fourth-order valence-corrected chi connectivity index (χ4v) is 3.61. The minimum Gasteiger partial charge on any atom is -0.395 e. The van der Waals surface area contributed by atoms with Gasteiger partial charge in [-0.25, -0.2) is 0 Å². The Morgan fingerprint density at radius 1 is 1.12 bits per heavy atom. The molecule has 0 aliphatic rings. The van der Waals surface area contributed by atoms with Crippen LogP contribution in [0.1, 0.15) is 30.1 Å². The topological polar surface area (TPSA) is 99.1 Å². The Morgan fingerprint density at radius 2 is 1.76 bits per heavy atom. The fourth-order valence-electron chi connectivity index (χ4n) is 3.61. The van der Waals surface area contributed by atoms with Crippen molar-refractivity contribution in [2.24, 2.45) is 5.92 Å². The lowest BCUT2D eigenvalue weighted by molar-refractivity contribution is -0.137. The summed E-state index contributed by atoms with van der Waals surface area (Å²) in [7, 11) is 1.50. The Hall–Kier alpha value is -3.00. The van der Waals surface area contributed by atoms with E-state index in [1.165, 1.54) is 7.11 Å². The standard InChI is InChI=1S/C26H34N2O5/c1-3-10-22(17-24(30)28(15-16-29)18-20-11-6-4-7-12-20)26(32)27-23(19-33-2)25(31)21-13-8-5-9-14-21/h3-9,11-14,22-23,25,29,31H,1,10,15-19H2,2H3,(H,27,32)/t22-,23+,25+/m1/s1. The van der Waals surface area contributed by atoms with Crippen molar-refractivity contribution in [2.75, 3.05) is 26.9 Å². The summed E-state index contributed by atoms with van der Waals surface area (Å²) in [6.45, 7) is 4.18. The second-order valence-corrected chi connectivity index (χ2v) is 7.88. The molecular weight excluding hydrogens is 420 g/mol. The van der Waals surface area contributed by atoms with E-state index >= 15 is 0 Å². The number of amides is 2. The molecule has 3 atom stereocenters. The Balaban J connectivity index is 2.09. The van der Waals surface area contributed by atoms with Gasteiger partial charge >= 0.3 is 0 Å². The summed E-state index contributed by atoms with van der Waals surface area (Å²) in [5, 5.41) is 23.0. The second kappa shape index (κ2) is 14.2. The summed E-state index contributed by atoms with van der Waals surface area (Å²) in [6.07, 6.45) is 0.909. The number of nitrogens with one attached hydrogen (secondary N) is 1. The maximum absolute atomic E-state index is 13.1. The highest BCUT2D eigenvalue weighted by Crippen LogP contribution is 2.19. The van der Waals surface area contributed by atoms with E-state index in [0.29, 0.717) is 18.5 Å². The van der Waals surface area contributed by atoms with Gasteiger partial charge in [-0.2, -0.15) is 0 Å². The van der Waals surface area contributed by atoms with Crippen LogP contribution in [0.15, 0.2) is 73.3 Å². The summed E-state index contributed by atoms with van der Waals surface area (Å²) in [5.41, 5.74) is 1.60. The molecule has 2 aromatic rings. The van der Waals surface area contributed by atoms with Gasteiger partial charge in [-0.05, 0) is 17.5 Å². The van der Waals surface area contributed by atoms with Crippen molar-refractivity contribution in [1.82, 2.24) is 10.2 Å². The van der Waals surface area contributed by atoms with Gasteiger partial charge in [0, 0.05) is 26.6 Å². The number of aliphatic hydroxyl groups is 2. The van der Waals surface area contributed by atoms with E-state index in [1.807, 2.05) is 48.5 Å². The molecule has 7 nitrogen and oxygen atoms in total. The number of aliphatic hydroxyl groups excluding tert-OH is 2. The van der Waals surface area contributed by atoms with E-state index in [2.05, 4.69) is 11.9 Å². The van der Waals surface area contributed by atoms with Gasteiger partial charge in [0.25, 0.3) is 0 Å². The number of hydrogen-bond donors (Lipinski definition) is 3. The number of carbonyl (C=O) groups excluding carboxylic acids is 2. The zero-order valence-electron chi connectivity index (χ0n) is 19.1. The van der Waals surface area contributed by atoms with E-state index in [-0.39, 0.29) is 38.0 Å². The number of allylic oxidation sites excluding steroid dienone is 1. The maximum Gasteiger partial charge on any atom is 0.224 e. The van der Waals surface area contributed by atoms with Crippen molar-refractivity contribution < 1.29 is 24.5 Å². The van der Waals surface area contributed by atoms with Crippen molar-refractivity contribution in [1.29, 1.82) is 0 Å². The first kappa shape index (κ1) is 26.3. The molecule has 0 saturated carbocycles. The van der Waals surface area contributed by atoms with E-state index in [4.69, 9.17) is 4.74 Å². The van der Waals surface area contributed by atoms with Gasteiger partial charge in [0.15, 0.2) is 0 Å². The predicted molar refractivity (Wildman–Crippen MR) is 127 cm³/mol. The van der Waals surface area contributed by atoms with Gasteiger partial charge in [-0.3, -0.25) is 9.59 Å². The summed E-state index contributed by atoms with van der Waals surface area (Å²) < 4.78 is 5.21. The molecule has 0 aliphatic carbocycles. The molecule has 0 saturated heterocycles. The van der Waals surface area contributed by atoms with Gasteiger partial charge in [-0.1, -0.05) is 66.7 Å². The van der Waals surface area contributed by atoms with Crippen LogP contribution in [-0.4, -0.2) is 59.8 Å². The molecule has 2 aromatic carbocycles. The van der Waals surface area contributed by atoms with Gasteiger partial charge in [0.2, 0.25) is 11.8 Å². The summed E-state index contributed by atoms with van der Waals surface area (Å²) >= 11 is 0. The van der Waals surface area contributed by atoms with E-state index in [1.54, 1.807) is 23.1 Å². The normalized spacial score (nSPS) is 13.5. The predicted octanol–water partition coefficient (Wildman–Crippen LogP) is 2.45. The van der Waals surface area contributed by atoms with Gasteiger partial charge in [0.1, 0.15) is 6.10 Å². The minimum absolute atomic E-state index is 0.0359. The lowest BCUT2D eigenvalue weighted by atomic mass is 9.97. The van der Waals surface area contributed by atoms with Crippen LogP contribution < -0.4 is 5.32 Å². The Bertz CT molecular complexity index is 860. The van der Waals surface area contributed by atoms with Crippen molar-refractivity contribution in [3.05, 3.63) is 84.4 Å². The van der Waals surface area contributed by atoms with E-state index < -0.39 is 18.1 Å². The van der Waals surface area contributed by atoms with Crippen LogP contribution in [0.4, 0.5) is 0 Å². The monoisotopic (exact) mass is 454 g/mol. The molecule has 0 aromatic heterocycles. The smallest absolute Gasteiger partial charge is 0.224 e. The lowest BCUT2D eigenvalue weighted by Crippen LogP contribution is -2.46. The highest BCUT2D eigenvalue weighted by atomic mass is 16.5. The minimum atomic E-state index is -0.959. The molecule has 0 spiro atoms. The van der Waals surface area contributed by atoms with Crippen LogP contribution in [0.5, 0.6) is 0 Å². The van der Waals surface area contributed by atoms with Gasteiger partial charge < -0.3 is 25.2 Å². The third-order valence-electron chi connectivity index (χ3n) is 5.38. The molecule has 3 N–H and O–H groups in total. The highest BCUT2D eigenvalue weighted by Gasteiger charge is 2.29. The Kier molecular flexibility index (Phi) is 11.3. The molecule has 178 valence electrons. The largest absolute Gasteiger partial charge is 0.395 e. The van der Waals surface area contributed by atoms with Crippen LogP contribution in [0.3, 0.4) is 0 Å². The zero-order chi connectivity index (χ0) is 24.1. The molecule has 2 rings (SSSR count). The Labute approximate surface area is 195 Å². The first-order chi connectivity index (χ1) is 16.0. The lowest BCUT2D eigenvalue weighted by Gasteiger charge is -2.27. The van der Waals surface area contributed by atoms with Gasteiger partial charge in [-0.15, -0.1) is 6.58 Å². The molecule has 2 amide bonds. The second-order valence-electron chi connectivity index (χ2n) is 7.88. The van der Waals surface area contributed by atoms with Crippen molar-refractivity contribution in [2.45, 2.75) is 31.5 Å². The Morgan fingerprint density at radius 3 is 2.33 bits per heavy atom. The third-order valence-corrected chi connectivity index (χ3v) is 5.38. The first-order valence-corrected chi connectivity index (χ1v) is 11.1. The average Bonchev–Trinajstić information content (AvgIpc) is 2.84. The number of carbonyl (C=O) groups is 2. The SMILES string of the molecule is C=CC[C@H](CC(=O)N(CCO)Cc1ccccc1)C(=O)N[C@@H](COC)[C@@H](O)c1ccccc1. The summed E-state index contributed by atoms with van der Waals surface area (Å²) in [4.78, 5) is 27.6. The third kappa shape index (κ3) is 8.46. The number of ether oxygens (including phenoxy) is 1. The molecular formula is C26H34N2O5. The molecule has 0 aliphatic heterocycles.